The number of rotatable bonds is 6. The summed E-state index contributed by atoms with van der Waals surface area (Å²) in [6, 6.07) is 4.50. The number of alkyl halides is 3. The molecule has 0 heterocycles. The van der Waals surface area contributed by atoms with Crippen LogP contribution in [0.4, 0.5) is 13.2 Å². The van der Waals surface area contributed by atoms with Crippen LogP contribution in [0.2, 0.25) is 0 Å². The third kappa shape index (κ3) is 5.28. The van der Waals surface area contributed by atoms with E-state index >= 15 is 0 Å². The van der Waals surface area contributed by atoms with Gasteiger partial charge in [0.25, 0.3) is 0 Å². The maximum absolute atomic E-state index is 12.4. The van der Waals surface area contributed by atoms with E-state index in [1.165, 1.54) is 6.07 Å². The molecule has 0 aromatic heterocycles. The summed E-state index contributed by atoms with van der Waals surface area (Å²) >= 11 is 0. The van der Waals surface area contributed by atoms with E-state index in [1.54, 1.807) is 19.1 Å². The van der Waals surface area contributed by atoms with Crippen molar-refractivity contribution in [2.24, 2.45) is 5.92 Å². The molecule has 2 rings (SSSR count). The summed E-state index contributed by atoms with van der Waals surface area (Å²) in [4.78, 5) is 11.5. The lowest BCUT2D eigenvalue weighted by molar-refractivity contribution is -0.274. The zero-order valence-electron chi connectivity index (χ0n) is 11.7. The monoisotopic (exact) mass is 302 g/mol. The molecule has 1 aliphatic rings. The molecule has 0 saturated heterocycles. The highest BCUT2D eigenvalue weighted by Gasteiger charge is 2.32. The molecule has 0 aliphatic heterocycles. The van der Waals surface area contributed by atoms with Crippen molar-refractivity contribution in [3.63, 3.8) is 0 Å². The van der Waals surface area contributed by atoms with Crippen LogP contribution < -0.4 is 4.74 Å². The summed E-state index contributed by atoms with van der Waals surface area (Å²) in [5.74, 6) is -0.293. The summed E-state index contributed by atoms with van der Waals surface area (Å²) in [5.41, 5.74) is 1.13. The fourth-order valence-corrected chi connectivity index (χ4v) is 2.14. The highest BCUT2D eigenvalue weighted by Crippen LogP contribution is 2.34. The lowest BCUT2D eigenvalue weighted by Crippen LogP contribution is -2.19. The Morgan fingerprint density at radius 3 is 2.62 bits per heavy atom. The standard InChI is InChI=1S/C15H17F3O3/c1-2-20-14(19)9-12-8-11(7-10-3-4-10)5-6-13(12)21-15(16,17)18/h5-6,8,10H,2-4,7,9H2,1H3. The lowest BCUT2D eigenvalue weighted by Gasteiger charge is -2.14. The van der Waals surface area contributed by atoms with Crippen molar-refractivity contribution in [1.29, 1.82) is 0 Å². The second-order valence-electron chi connectivity index (χ2n) is 5.12. The normalized spacial score (nSPS) is 14.9. The van der Waals surface area contributed by atoms with Crippen LogP contribution >= 0.6 is 0 Å². The number of carbonyl (C=O) groups is 1. The minimum Gasteiger partial charge on any atom is -0.466 e. The van der Waals surface area contributed by atoms with Gasteiger partial charge in [-0.2, -0.15) is 0 Å². The fourth-order valence-electron chi connectivity index (χ4n) is 2.14. The highest BCUT2D eigenvalue weighted by molar-refractivity contribution is 5.73. The Bertz CT molecular complexity index is 507. The van der Waals surface area contributed by atoms with Gasteiger partial charge in [-0.05, 0) is 43.7 Å². The van der Waals surface area contributed by atoms with Gasteiger partial charge in [-0.3, -0.25) is 4.79 Å². The van der Waals surface area contributed by atoms with Crippen LogP contribution in [0.3, 0.4) is 0 Å². The van der Waals surface area contributed by atoms with E-state index in [4.69, 9.17) is 4.74 Å². The summed E-state index contributed by atoms with van der Waals surface area (Å²) in [5, 5.41) is 0. The smallest absolute Gasteiger partial charge is 0.466 e. The van der Waals surface area contributed by atoms with Gasteiger partial charge in [-0.15, -0.1) is 13.2 Å². The fraction of sp³-hybridized carbons (Fsp3) is 0.533. The van der Waals surface area contributed by atoms with Crippen LogP contribution in [0.15, 0.2) is 18.2 Å². The summed E-state index contributed by atoms with van der Waals surface area (Å²) in [6.45, 7) is 1.84. The molecule has 0 spiro atoms. The number of esters is 1. The number of carbonyl (C=O) groups excluding carboxylic acids is 1. The van der Waals surface area contributed by atoms with E-state index < -0.39 is 12.3 Å². The molecule has 1 aromatic rings. The molecule has 0 amide bonds. The first-order valence-corrected chi connectivity index (χ1v) is 6.90. The Morgan fingerprint density at radius 1 is 1.33 bits per heavy atom. The van der Waals surface area contributed by atoms with Gasteiger partial charge in [-0.25, -0.2) is 0 Å². The number of hydrogen-bond acceptors (Lipinski definition) is 3. The molecule has 0 unspecified atom stereocenters. The summed E-state index contributed by atoms with van der Waals surface area (Å²) in [7, 11) is 0. The Morgan fingerprint density at radius 2 is 2.05 bits per heavy atom. The minimum absolute atomic E-state index is 0.191. The van der Waals surface area contributed by atoms with Crippen LogP contribution in [0, 0.1) is 5.92 Å². The molecule has 1 saturated carbocycles. The Balaban J connectivity index is 2.18. The molecule has 6 heteroatoms. The van der Waals surface area contributed by atoms with E-state index in [2.05, 4.69) is 4.74 Å². The van der Waals surface area contributed by atoms with Crippen molar-refractivity contribution in [2.75, 3.05) is 6.61 Å². The van der Waals surface area contributed by atoms with Gasteiger partial charge in [-0.1, -0.05) is 12.1 Å². The topological polar surface area (TPSA) is 35.5 Å². The zero-order chi connectivity index (χ0) is 15.5. The van der Waals surface area contributed by atoms with E-state index in [0.29, 0.717) is 5.92 Å². The second-order valence-corrected chi connectivity index (χ2v) is 5.12. The number of ether oxygens (including phenoxy) is 2. The summed E-state index contributed by atoms with van der Waals surface area (Å²) < 4.78 is 45.9. The molecule has 21 heavy (non-hydrogen) atoms. The van der Waals surface area contributed by atoms with Crippen molar-refractivity contribution >= 4 is 5.97 Å². The number of hydrogen-bond donors (Lipinski definition) is 0. The van der Waals surface area contributed by atoms with E-state index in [9.17, 15) is 18.0 Å². The van der Waals surface area contributed by atoms with Crippen molar-refractivity contribution in [3.05, 3.63) is 29.3 Å². The van der Waals surface area contributed by atoms with Crippen LogP contribution in [0.5, 0.6) is 5.75 Å². The van der Waals surface area contributed by atoms with Crippen molar-refractivity contribution in [3.8, 4) is 5.75 Å². The van der Waals surface area contributed by atoms with Gasteiger partial charge in [0.1, 0.15) is 5.75 Å². The van der Waals surface area contributed by atoms with Crippen LogP contribution in [0.1, 0.15) is 30.9 Å². The average molecular weight is 302 g/mol. The van der Waals surface area contributed by atoms with E-state index in [1.807, 2.05) is 0 Å². The van der Waals surface area contributed by atoms with Gasteiger partial charge >= 0.3 is 12.3 Å². The van der Waals surface area contributed by atoms with E-state index in [0.717, 1.165) is 24.8 Å². The molecule has 1 fully saturated rings. The van der Waals surface area contributed by atoms with Crippen LogP contribution in [0.25, 0.3) is 0 Å². The number of benzene rings is 1. The molecule has 0 atom stereocenters. The molecule has 116 valence electrons. The maximum Gasteiger partial charge on any atom is 0.573 e. The predicted molar refractivity (Wildman–Crippen MR) is 69.9 cm³/mol. The Labute approximate surface area is 121 Å². The minimum atomic E-state index is -4.78. The predicted octanol–water partition coefficient (Wildman–Crippen LogP) is 3.64. The van der Waals surface area contributed by atoms with Crippen LogP contribution in [-0.4, -0.2) is 18.9 Å². The zero-order valence-corrected chi connectivity index (χ0v) is 11.7. The highest BCUT2D eigenvalue weighted by atomic mass is 19.4. The molecule has 0 radical (unpaired) electrons. The number of halogens is 3. The molecular weight excluding hydrogens is 285 g/mol. The van der Waals surface area contributed by atoms with Gasteiger partial charge in [0.15, 0.2) is 0 Å². The average Bonchev–Trinajstić information content (AvgIpc) is 3.15. The largest absolute Gasteiger partial charge is 0.573 e. The molecule has 0 bridgehead atoms. The third-order valence-electron chi connectivity index (χ3n) is 3.21. The third-order valence-corrected chi connectivity index (χ3v) is 3.21. The van der Waals surface area contributed by atoms with Gasteiger partial charge in [0, 0.05) is 5.56 Å². The van der Waals surface area contributed by atoms with Gasteiger partial charge < -0.3 is 9.47 Å². The lowest BCUT2D eigenvalue weighted by atomic mass is 10.0. The Hall–Kier alpha value is -1.72. The van der Waals surface area contributed by atoms with Gasteiger partial charge in [0.2, 0.25) is 0 Å². The Kier molecular flexibility index (Phi) is 4.75. The first-order valence-electron chi connectivity index (χ1n) is 6.90. The quantitative estimate of drug-likeness (QED) is 0.753. The molecule has 1 aromatic carbocycles. The molecule has 0 N–H and O–H groups in total. The first kappa shape index (κ1) is 15.7. The van der Waals surface area contributed by atoms with Crippen molar-refractivity contribution in [1.82, 2.24) is 0 Å². The van der Waals surface area contributed by atoms with Crippen molar-refractivity contribution in [2.45, 2.75) is 39.0 Å². The van der Waals surface area contributed by atoms with Gasteiger partial charge in [0.05, 0.1) is 13.0 Å². The maximum atomic E-state index is 12.4. The van der Waals surface area contributed by atoms with Crippen LogP contribution in [-0.2, 0) is 22.4 Å². The SMILES string of the molecule is CCOC(=O)Cc1cc(CC2CC2)ccc1OC(F)(F)F. The molecule has 1 aliphatic carbocycles. The summed E-state index contributed by atoms with van der Waals surface area (Å²) in [6.07, 6.45) is -1.89. The van der Waals surface area contributed by atoms with Crippen molar-refractivity contribution < 1.29 is 27.4 Å². The molecule has 3 nitrogen and oxygen atoms in total. The van der Waals surface area contributed by atoms with E-state index in [-0.39, 0.29) is 24.3 Å². The first-order chi connectivity index (χ1) is 9.87. The molecular formula is C15H17F3O3. The second kappa shape index (κ2) is 6.37.